The molecule has 0 aromatic heterocycles. The van der Waals surface area contributed by atoms with Crippen molar-refractivity contribution in [2.45, 2.75) is 77.0 Å². The molecule has 108 heavy (non-hydrogen) atoms. The first-order valence-electron chi connectivity index (χ1n) is 38.5. The minimum atomic E-state index is -0.109. The van der Waals surface area contributed by atoms with E-state index < -0.39 is 0 Å². The van der Waals surface area contributed by atoms with Crippen molar-refractivity contribution in [2.24, 2.45) is 0 Å². The van der Waals surface area contributed by atoms with Crippen LogP contribution in [0.3, 0.4) is 0 Å². The summed E-state index contributed by atoms with van der Waals surface area (Å²) in [6, 6.07) is 128. The maximum atomic E-state index is 2.54. The van der Waals surface area contributed by atoms with Crippen LogP contribution in [0.4, 0.5) is 0 Å². The zero-order valence-electron chi connectivity index (χ0n) is 62.3. The first kappa shape index (κ1) is 63.9. The quantitative estimate of drug-likeness (QED) is 0.156. The summed E-state index contributed by atoms with van der Waals surface area (Å²) in [5.74, 6) is 0. The third-order valence-corrected chi connectivity index (χ3v) is 25.6. The van der Waals surface area contributed by atoms with Crippen LogP contribution in [0.2, 0.25) is 0 Å². The fourth-order valence-electron chi connectivity index (χ4n) is 19.5. The molecule has 18 aromatic rings. The predicted octanol–water partition coefficient (Wildman–Crippen LogP) is 29.5. The molecule has 0 unspecified atom stereocenters. The van der Waals surface area contributed by atoms with E-state index in [-0.39, 0.29) is 21.7 Å². The Labute approximate surface area is 633 Å². The zero-order chi connectivity index (χ0) is 72.7. The van der Waals surface area contributed by atoms with Crippen LogP contribution in [-0.4, -0.2) is 0 Å². The second-order valence-electron chi connectivity index (χ2n) is 33.2. The van der Waals surface area contributed by atoms with Gasteiger partial charge in [-0.05, 0) is 305 Å². The summed E-state index contributed by atoms with van der Waals surface area (Å²) in [5.41, 5.74) is 37.2. The molecule has 512 valence electrons. The van der Waals surface area contributed by atoms with Crippen LogP contribution in [-0.2, 0) is 21.7 Å². The second kappa shape index (κ2) is 23.5. The minimum absolute atomic E-state index is 0.0131. The molecule has 0 heteroatoms. The predicted molar refractivity (Wildman–Crippen MR) is 461 cm³/mol. The number of fused-ring (bicyclic) bond motifs is 18. The minimum Gasteiger partial charge on any atom is -0.0619 e. The van der Waals surface area contributed by atoms with Crippen molar-refractivity contribution in [3.05, 3.63) is 384 Å². The molecule has 0 amide bonds. The van der Waals surface area contributed by atoms with Gasteiger partial charge < -0.3 is 0 Å². The number of hydrogen-bond acceptors (Lipinski definition) is 0. The molecule has 0 nitrogen and oxygen atoms in total. The summed E-state index contributed by atoms with van der Waals surface area (Å²) in [4.78, 5) is 0. The Kier molecular flexibility index (Phi) is 13.9. The summed E-state index contributed by atoms with van der Waals surface area (Å²) in [6.45, 7) is 19.2. The summed E-state index contributed by atoms with van der Waals surface area (Å²) in [7, 11) is 0. The van der Waals surface area contributed by atoms with Gasteiger partial charge in [0.15, 0.2) is 0 Å². The van der Waals surface area contributed by atoms with Gasteiger partial charge in [0.1, 0.15) is 0 Å². The van der Waals surface area contributed by atoms with Crippen LogP contribution in [0.15, 0.2) is 340 Å². The topological polar surface area (TPSA) is 0 Å². The average molecular weight is 1380 g/mol. The van der Waals surface area contributed by atoms with E-state index in [1.807, 2.05) is 0 Å². The van der Waals surface area contributed by atoms with Crippen LogP contribution < -0.4 is 0 Å². The highest BCUT2D eigenvalue weighted by molar-refractivity contribution is 6.04. The van der Waals surface area contributed by atoms with E-state index in [4.69, 9.17) is 0 Å². The van der Waals surface area contributed by atoms with Crippen LogP contribution in [0.5, 0.6) is 0 Å². The molecule has 0 bridgehead atoms. The van der Waals surface area contributed by atoms with Gasteiger partial charge >= 0.3 is 0 Å². The zero-order valence-corrected chi connectivity index (χ0v) is 62.3. The highest BCUT2D eigenvalue weighted by atomic mass is 14.5. The average Bonchev–Trinajstić information content (AvgIpc) is 1.54. The van der Waals surface area contributed by atoms with Crippen LogP contribution in [0, 0.1) is 0 Å². The lowest BCUT2D eigenvalue weighted by atomic mass is 9.77. The van der Waals surface area contributed by atoms with E-state index in [9.17, 15) is 0 Å². The number of benzene rings is 18. The van der Waals surface area contributed by atoms with Gasteiger partial charge in [0, 0.05) is 21.7 Å². The SMILES string of the molecule is CC1(C)c2cc(-c3ccc4ccccc4c3)ccc2-c2cc3c(cc21)C(C)(C)c1cc(-c2ccc4cc(-c5ccc6ccccc6c5)ccc4c2)ccc1-3.CC1(C)c2ccccc2-c2cc3c(cc21)C(C)(C)c1cc(-c2cc(-c4ccc5cc(-c6ccc7ccccc7c6)ccc5c4)c4ccccc4c2)ccc1-3. The van der Waals surface area contributed by atoms with E-state index in [1.165, 1.54) is 220 Å². The number of hydrogen-bond donors (Lipinski definition) is 0. The normalized spacial score (nSPS) is 14.6. The lowest BCUT2D eigenvalue weighted by Crippen LogP contribution is -2.19. The molecule has 0 radical (unpaired) electrons. The Bertz CT molecular complexity index is 6920. The molecule has 0 spiro atoms. The molecule has 0 fully saturated rings. The molecule has 22 rings (SSSR count). The Morgan fingerprint density at radius 1 is 0.130 bits per heavy atom. The molecular formula is C108H80. The molecular weight excluding hydrogens is 1300 g/mol. The largest absolute Gasteiger partial charge is 0.0619 e. The summed E-state index contributed by atoms with van der Waals surface area (Å²) in [5, 5.41) is 15.2. The van der Waals surface area contributed by atoms with Gasteiger partial charge in [0.25, 0.3) is 0 Å². The van der Waals surface area contributed by atoms with Crippen molar-refractivity contribution in [2.75, 3.05) is 0 Å². The third-order valence-electron chi connectivity index (χ3n) is 25.6. The molecule has 0 heterocycles. The second-order valence-corrected chi connectivity index (χ2v) is 33.2. The van der Waals surface area contributed by atoms with Crippen molar-refractivity contribution in [1.29, 1.82) is 0 Å². The first-order chi connectivity index (χ1) is 52.5. The molecule has 0 N–H and O–H groups in total. The Morgan fingerprint density at radius 2 is 0.370 bits per heavy atom. The Balaban J connectivity index is 0.000000138. The molecule has 0 saturated carbocycles. The first-order valence-corrected chi connectivity index (χ1v) is 38.5. The van der Waals surface area contributed by atoms with Crippen molar-refractivity contribution in [3.63, 3.8) is 0 Å². The highest BCUT2D eigenvalue weighted by Gasteiger charge is 2.44. The monoisotopic (exact) mass is 1380 g/mol. The molecule has 0 aliphatic heterocycles. The van der Waals surface area contributed by atoms with Gasteiger partial charge in [0.05, 0.1) is 0 Å². The smallest absolute Gasteiger partial charge is 0.0159 e. The van der Waals surface area contributed by atoms with Gasteiger partial charge in [-0.25, -0.2) is 0 Å². The molecule has 4 aliphatic carbocycles. The molecule has 0 saturated heterocycles. The van der Waals surface area contributed by atoms with Crippen LogP contribution in [0.25, 0.3) is 176 Å². The summed E-state index contributed by atoms with van der Waals surface area (Å²) >= 11 is 0. The van der Waals surface area contributed by atoms with Gasteiger partial charge in [-0.1, -0.05) is 310 Å². The lowest BCUT2D eigenvalue weighted by molar-refractivity contribution is 0.639. The Morgan fingerprint density at radius 3 is 0.759 bits per heavy atom. The van der Waals surface area contributed by atoms with Gasteiger partial charge in [-0.2, -0.15) is 0 Å². The van der Waals surface area contributed by atoms with E-state index in [0.717, 1.165) is 0 Å². The Hall–Kier alpha value is -12.5. The molecule has 4 aliphatic rings. The maximum absolute atomic E-state index is 2.54. The fraction of sp³-hybridized carbons (Fsp3) is 0.111. The third kappa shape index (κ3) is 9.89. The van der Waals surface area contributed by atoms with E-state index in [2.05, 4.69) is 395 Å². The van der Waals surface area contributed by atoms with Crippen LogP contribution in [0.1, 0.15) is 99.9 Å². The van der Waals surface area contributed by atoms with Gasteiger partial charge in [0.2, 0.25) is 0 Å². The van der Waals surface area contributed by atoms with Crippen molar-refractivity contribution in [1.82, 2.24) is 0 Å². The van der Waals surface area contributed by atoms with Crippen molar-refractivity contribution < 1.29 is 0 Å². The maximum Gasteiger partial charge on any atom is 0.0159 e. The summed E-state index contributed by atoms with van der Waals surface area (Å²) < 4.78 is 0. The van der Waals surface area contributed by atoms with E-state index in [1.54, 1.807) is 0 Å². The highest BCUT2D eigenvalue weighted by Crippen LogP contribution is 2.59. The van der Waals surface area contributed by atoms with Crippen LogP contribution >= 0.6 is 0 Å². The number of rotatable bonds is 6. The standard InChI is InChI=1S/2C54H40/c1-53(2)49-29-43(41-16-14-34-10-6-8-12-36(34)26-41)21-23-45(49)47-31-48-46-24-22-44(30-50(46)54(3,4)52(48)32-51(47)53)42-20-19-39-27-38(17-18-40(39)28-42)37-15-13-33-9-5-7-11-35(33)25-37;1-53(2)49-16-10-9-15-44(49)47-31-48-45-24-23-39(30-50(45)54(3,4)52(48)32-51(47)53)42-28-40-13-7-8-14-43(40)46(29-42)41-22-21-37-26-36(19-20-38(37)27-41)35-18-17-33-11-5-6-12-34(33)25-35/h2*5-32H,1-4H3. The van der Waals surface area contributed by atoms with Gasteiger partial charge in [-0.15, -0.1) is 0 Å². The summed E-state index contributed by atoms with van der Waals surface area (Å²) in [6.07, 6.45) is 0. The van der Waals surface area contributed by atoms with Crippen molar-refractivity contribution >= 4 is 64.6 Å². The molecule has 18 aromatic carbocycles. The fourth-order valence-corrected chi connectivity index (χ4v) is 19.5. The lowest BCUT2D eigenvalue weighted by Gasteiger charge is -2.26. The van der Waals surface area contributed by atoms with Gasteiger partial charge in [-0.3, -0.25) is 0 Å². The van der Waals surface area contributed by atoms with E-state index in [0.29, 0.717) is 0 Å². The van der Waals surface area contributed by atoms with E-state index >= 15 is 0 Å². The molecule has 0 atom stereocenters. The van der Waals surface area contributed by atoms with Crippen molar-refractivity contribution in [3.8, 4) is 111 Å².